The number of benzene rings is 5. The SMILES string of the molecule is COc1ccc(N(CC(=O)N/N=C\c2ccc(OCc3ccc4ccccc4c3)cc2)S(=O)(=O)c2ccc(C)c([N+](=O)[O-])c2)cc1. The zero-order valence-corrected chi connectivity index (χ0v) is 25.8. The van der Waals surface area contributed by atoms with E-state index in [0.717, 1.165) is 26.7 Å². The number of hydrogen-bond donors (Lipinski definition) is 1. The fourth-order valence-electron chi connectivity index (χ4n) is 4.63. The smallest absolute Gasteiger partial charge is 0.273 e. The van der Waals surface area contributed by atoms with E-state index in [9.17, 15) is 23.3 Å². The standard InChI is InChI=1S/C34H30N4O7S/c1-24-7-18-32(20-33(24)38(40)41)46(42,43)37(29-12-16-30(44-2)17-13-29)22-34(39)36-35-21-25-9-14-31(15-10-25)45-23-26-8-11-27-5-3-4-6-28(27)19-26/h3-21H,22-23H2,1-2H3,(H,36,39)/b35-21-. The Kier molecular flexibility index (Phi) is 9.58. The Morgan fingerprint density at radius 1 is 0.913 bits per heavy atom. The molecule has 0 aliphatic rings. The first-order valence-electron chi connectivity index (χ1n) is 14.1. The van der Waals surface area contributed by atoms with E-state index in [-0.39, 0.29) is 16.3 Å². The largest absolute Gasteiger partial charge is 0.497 e. The van der Waals surface area contributed by atoms with Crippen molar-refractivity contribution in [1.29, 1.82) is 0 Å². The molecule has 0 spiro atoms. The second-order valence-corrected chi connectivity index (χ2v) is 12.1. The van der Waals surface area contributed by atoms with Crippen LogP contribution in [0.5, 0.6) is 11.5 Å². The van der Waals surface area contributed by atoms with Gasteiger partial charge in [-0.25, -0.2) is 13.8 Å². The van der Waals surface area contributed by atoms with E-state index in [1.165, 1.54) is 44.5 Å². The van der Waals surface area contributed by atoms with E-state index >= 15 is 0 Å². The fraction of sp³-hybridized carbons (Fsp3) is 0.118. The summed E-state index contributed by atoms with van der Waals surface area (Å²) in [5, 5.41) is 17.7. The van der Waals surface area contributed by atoms with Gasteiger partial charge < -0.3 is 9.47 Å². The van der Waals surface area contributed by atoms with Gasteiger partial charge in [-0.3, -0.25) is 19.2 Å². The number of nitro benzene ring substituents is 1. The van der Waals surface area contributed by atoms with Crippen molar-refractivity contribution < 1.29 is 27.6 Å². The molecule has 0 heterocycles. The van der Waals surface area contributed by atoms with Gasteiger partial charge in [-0.2, -0.15) is 5.10 Å². The van der Waals surface area contributed by atoms with Gasteiger partial charge in [0.15, 0.2) is 0 Å². The lowest BCUT2D eigenvalue weighted by molar-refractivity contribution is -0.385. The predicted molar refractivity (Wildman–Crippen MR) is 176 cm³/mol. The van der Waals surface area contributed by atoms with Gasteiger partial charge in [0, 0.05) is 11.6 Å². The quantitative estimate of drug-likeness (QED) is 0.101. The van der Waals surface area contributed by atoms with Gasteiger partial charge in [-0.05, 0) is 89.5 Å². The van der Waals surface area contributed by atoms with Crippen molar-refractivity contribution in [3.63, 3.8) is 0 Å². The Morgan fingerprint density at radius 2 is 1.61 bits per heavy atom. The molecule has 0 bridgehead atoms. The van der Waals surface area contributed by atoms with Gasteiger partial charge >= 0.3 is 0 Å². The summed E-state index contributed by atoms with van der Waals surface area (Å²) in [7, 11) is -2.93. The Balaban J connectivity index is 1.25. The van der Waals surface area contributed by atoms with Crippen LogP contribution in [-0.4, -0.2) is 39.1 Å². The molecule has 12 heteroatoms. The van der Waals surface area contributed by atoms with Gasteiger partial charge in [0.05, 0.1) is 28.8 Å². The highest BCUT2D eigenvalue weighted by Gasteiger charge is 2.29. The lowest BCUT2D eigenvalue weighted by Crippen LogP contribution is -2.39. The molecule has 11 nitrogen and oxygen atoms in total. The fourth-order valence-corrected chi connectivity index (χ4v) is 6.07. The van der Waals surface area contributed by atoms with Crippen molar-refractivity contribution in [2.24, 2.45) is 5.10 Å². The van der Waals surface area contributed by atoms with Crippen LogP contribution >= 0.6 is 0 Å². The number of nitrogens with one attached hydrogen (secondary N) is 1. The van der Waals surface area contributed by atoms with Crippen molar-refractivity contribution in [2.75, 3.05) is 18.0 Å². The van der Waals surface area contributed by atoms with Crippen LogP contribution in [0.25, 0.3) is 10.8 Å². The number of carbonyl (C=O) groups is 1. The summed E-state index contributed by atoms with van der Waals surface area (Å²) in [6.07, 6.45) is 1.42. The molecule has 0 aromatic heterocycles. The number of hydrazone groups is 1. The second-order valence-electron chi connectivity index (χ2n) is 10.2. The maximum atomic E-state index is 13.7. The molecule has 234 valence electrons. The van der Waals surface area contributed by atoms with E-state index in [1.807, 2.05) is 18.2 Å². The lowest BCUT2D eigenvalue weighted by Gasteiger charge is -2.24. The number of nitro groups is 1. The number of sulfonamides is 1. The highest BCUT2D eigenvalue weighted by Crippen LogP contribution is 2.29. The summed E-state index contributed by atoms with van der Waals surface area (Å²) in [6.45, 7) is 1.26. The minimum Gasteiger partial charge on any atom is -0.497 e. The number of rotatable bonds is 12. The Morgan fingerprint density at radius 3 is 2.30 bits per heavy atom. The van der Waals surface area contributed by atoms with Crippen LogP contribution in [0.4, 0.5) is 11.4 Å². The second kappa shape index (κ2) is 13.9. The molecule has 1 N–H and O–H groups in total. The van der Waals surface area contributed by atoms with Crippen LogP contribution in [0.2, 0.25) is 0 Å². The Labute approximate surface area is 265 Å². The van der Waals surface area contributed by atoms with Crippen molar-refractivity contribution >= 4 is 44.3 Å². The molecule has 0 radical (unpaired) electrons. The molecule has 46 heavy (non-hydrogen) atoms. The molecule has 0 unspecified atom stereocenters. The summed E-state index contributed by atoms with van der Waals surface area (Å²) >= 11 is 0. The topological polar surface area (TPSA) is 140 Å². The third-order valence-corrected chi connectivity index (χ3v) is 8.89. The van der Waals surface area contributed by atoms with Gasteiger partial charge in [0.25, 0.3) is 21.6 Å². The number of carbonyl (C=O) groups excluding carboxylic acids is 1. The molecule has 1 amide bonds. The van der Waals surface area contributed by atoms with E-state index < -0.39 is 27.4 Å². The molecule has 5 aromatic carbocycles. The molecular weight excluding hydrogens is 608 g/mol. The van der Waals surface area contributed by atoms with E-state index in [0.29, 0.717) is 29.2 Å². The van der Waals surface area contributed by atoms with Crippen molar-refractivity contribution in [3.05, 3.63) is 136 Å². The van der Waals surface area contributed by atoms with Gasteiger partial charge in [-0.15, -0.1) is 0 Å². The van der Waals surface area contributed by atoms with Crippen LogP contribution in [0.3, 0.4) is 0 Å². The molecule has 5 rings (SSSR count). The Hall–Kier alpha value is -5.75. The predicted octanol–water partition coefficient (Wildman–Crippen LogP) is 5.99. The molecule has 0 aliphatic carbocycles. The molecule has 0 fully saturated rings. The maximum Gasteiger partial charge on any atom is 0.273 e. The Bertz CT molecular complexity index is 2010. The average molecular weight is 639 g/mol. The monoisotopic (exact) mass is 638 g/mol. The molecule has 0 saturated heterocycles. The number of nitrogens with zero attached hydrogens (tertiary/aromatic N) is 3. The van der Waals surface area contributed by atoms with Crippen LogP contribution in [0.15, 0.2) is 119 Å². The first-order chi connectivity index (χ1) is 22.1. The summed E-state index contributed by atoms with van der Waals surface area (Å²) in [4.78, 5) is 23.4. The van der Waals surface area contributed by atoms with Crippen molar-refractivity contribution in [2.45, 2.75) is 18.4 Å². The van der Waals surface area contributed by atoms with Crippen LogP contribution in [-0.2, 0) is 21.4 Å². The van der Waals surface area contributed by atoms with E-state index in [4.69, 9.17) is 9.47 Å². The minimum atomic E-state index is -4.40. The number of aryl methyl sites for hydroxylation is 1. The van der Waals surface area contributed by atoms with Crippen molar-refractivity contribution in [3.8, 4) is 11.5 Å². The van der Waals surface area contributed by atoms with Crippen molar-refractivity contribution in [1.82, 2.24) is 5.43 Å². The number of hydrogen-bond acceptors (Lipinski definition) is 8. The zero-order chi connectivity index (χ0) is 32.7. The summed E-state index contributed by atoms with van der Waals surface area (Å²) < 4.78 is 39.3. The number of ether oxygens (including phenoxy) is 2. The highest BCUT2D eigenvalue weighted by molar-refractivity contribution is 7.92. The van der Waals surface area contributed by atoms with Crippen LogP contribution < -0.4 is 19.2 Å². The summed E-state index contributed by atoms with van der Waals surface area (Å²) in [5.41, 5.74) is 4.17. The normalized spacial score (nSPS) is 11.3. The zero-order valence-electron chi connectivity index (χ0n) is 25.0. The summed E-state index contributed by atoms with van der Waals surface area (Å²) in [6, 6.07) is 31.0. The minimum absolute atomic E-state index is 0.155. The summed E-state index contributed by atoms with van der Waals surface area (Å²) in [5.74, 6) is 0.407. The molecular formula is C34H30N4O7S. The highest BCUT2D eigenvalue weighted by atomic mass is 32.2. The van der Waals surface area contributed by atoms with Crippen LogP contribution in [0.1, 0.15) is 16.7 Å². The first-order valence-corrected chi connectivity index (χ1v) is 15.5. The third-order valence-electron chi connectivity index (χ3n) is 7.12. The average Bonchev–Trinajstić information content (AvgIpc) is 3.06. The number of methoxy groups -OCH3 is 1. The molecule has 0 atom stereocenters. The number of fused-ring (bicyclic) bond motifs is 1. The number of amides is 1. The first kappa shape index (κ1) is 31.7. The molecule has 0 saturated carbocycles. The number of anilines is 1. The maximum absolute atomic E-state index is 13.7. The van der Waals surface area contributed by atoms with Gasteiger partial charge in [0.1, 0.15) is 24.7 Å². The van der Waals surface area contributed by atoms with Gasteiger partial charge in [0.2, 0.25) is 0 Å². The third kappa shape index (κ3) is 7.48. The van der Waals surface area contributed by atoms with E-state index in [1.54, 1.807) is 36.4 Å². The van der Waals surface area contributed by atoms with Crippen LogP contribution in [0, 0.1) is 17.0 Å². The molecule has 5 aromatic rings. The lowest BCUT2D eigenvalue weighted by atomic mass is 10.1. The van der Waals surface area contributed by atoms with Gasteiger partial charge in [-0.1, -0.05) is 42.5 Å². The van der Waals surface area contributed by atoms with E-state index in [2.05, 4.69) is 34.8 Å². The molecule has 0 aliphatic heterocycles.